The predicted molar refractivity (Wildman–Crippen MR) is 136 cm³/mol. The van der Waals surface area contributed by atoms with Gasteiger partial charge in [-0.3, -0.25) is 9.78 Å². The smallest absolute Gasteiger partial charge is 0.270 e. The van der Waals surface area contributed by atoms with Crippen LogP contribution in [0.2, 0.25) is 0 Å². The van der Waals surface area contributed by atoms with Crippen LogP contribution in [0.3, 0.4) is 0 Å². The monoisotopic (exact) mass is 457 g/mol. The highest BCUT2D eigenvalue weighted by Crippen LogP contribution is 2.29. The molecule has 34 heavy (non-hydrogen) atoms. The second kappa shape index (κ2) is 9.55. The molecule has 0 radical (unpaired) electrons. The second-order valence-corrected chi connectivity index (χ2v) is 9.34. The Hall–Kier alpha value is -3.87. The number of imidazole rings is 1. The summed E-state index contributed by atoms with van der Waals surface area (Å²) in [5.41, 5.74) is 4.44. The quantitative estimate of drug-likeness (QED) is 0.359. The molecule has 0 fully saturated rings. The fraction of sp³-hybridized carbons (Fsp3) is 0.296. The fourth-order valence-electron chi connectivity index (χ4n) is 3.61. The van der Waals surface area contributed by atoms with E-state index < -0.39 is 0 Å². The molecule has 0 aliphatic heterocycles. The number of nitrogens with zero attached hydrogens (tertiary/aromatic N) is 3. The molecule has 0 bridgehead atoms. The number of nitrogens with one attached hydrogen (secondary N) is 2. The van der Waals surface area contributed by atoms with Crippen LogP contribution in [0.1, 0.15) is 50.2 Å². The maximum atomic E-state index is 12.2. The van der Waals surface area contributed by atoms with Crippen molar-refractivity contribution in [1.29, 1.82) is 0 Å². The zero-order chi connectivity index (χ0) is 24.3. The summed E-state index contributed by atoms with van der Waals surface area (Å²) in [6.45, 7) is 9.22. The summed E-state index contributed by atoms with van der Waals surface area (Å²) in [5, 5.41) is 6.27. The molecule has 0 aliphatic carbocycles. The van der Waals surface area contributed by atoms with Crippen LogP contribution in [-0.2, 0) is 12.5 Å². The van der Waals surface area contributed by atoms with Crippen LogP contribution in [0, 0.1) is 0 Å². The topological polar surface area (TPSA) is 81.1 Å². The van der Waals surface area contributed by atoms with Crippen LogP contribution < -0.4 is 15.4 Å². The maximum absolute atomic E-state index is 12.2. The highest BCUT2D eigenvalue weighted by Gasteiger charge is 2.15. The zero-order valence-corrected chi connectivity index (χ0v) is 20.3. The number of rotatable bonds is 7. The Balaban J connectivity index is 1.55. The normalized spacial score (nSPS) is 11.4. The summed E-state index contributed by atoms with van der Waals surface area (Å²) >= 11 is 0. The molecule has 0 unspecified atom stereocenters. The lowest BCUT2D eigenvalue weighted by molar-refractivity contribution is 0.0948. The number of ether oxygens (including phenoxy) is 1. The molecule has 1 amide bonds. The summed E-state index contributed by atoms with van der Waals surface area (Å²) in [6.07, 6.45) is 2.44. The minimum Gasteiger partial charge on any atom is -0.457 e. The molecule has 0 aliphatic rings. The van der Waals surface area contributed by atoms with Gasteiger partial charge < -0.3 is 19.9 Å². The van der Waals surface area contributed by atoms with E-state index in [4.69, 9.17) is 9.72 Å². The number of anilines is 2. The number of hydrogen-bond acceptors (Lipinski definition) is 5. The number of amides is 1. The molecule has 0 saturated heterocycles. The van der Waals surface area contributed by atoms with Gasteiger partial charge >= 0.3 is 0 Å². The molecule has 7 nitrogen and oxygen atoms in total. The third-order valence-corrected chi connectivity index (χ3v) is 5.57. The minimum atomic E-state index is -0.210. The second-order valence-electron chi connectivity index (χ2n) is 9.34. The number of aryl methyl sites for hydroxylation is 1. The Morgan fingerprint density at radius 3 is 2.62 bits per heavy atom. The van der Waals surface area contributed by atoms with E-state index in [1.807, 2.05) is 42.8 Å². The van der Waals surface area contributed by atoms with E-state index in [9.17, 15) is 4.79 Å². The molecule has 2 heterocycles. The zero-order valence-electron chi connectivity index (χ0n) is 20.3. The summed E-state index contributed by atoms with van der Waals surface area (Å²) in [4.78, 5) is 21.1. The molecule has 2 N–H and O–H groups in total. The van der Waals surface area contributed by atoms with Crippen molar-refractivity contribution >= 4 is 28.6 Å². The van der Waals surface area contributed by atoms with Crippen molar-refractivity contribution in [2.24, 2.45) is 7.05 Å². The SMILES string of the molecule is CCCNC(=O)c1cc(Oc2ccc3c(c2)nc(Nc2cccc(C(C)(C)C)c2)n3C)ccn1. The minimum absolute atomic E-state index is 0.0692. The number of pyridine rings is 1. The highest BCUT2D eigenvalue weighted by molar-refractivity contribution is 5.92. The molecule has 4 aromatic rings. The van der Waals surface area contributed by atoms with Crippen LogP contribution in [0.4, 0.5) is 11.6 Å². The Labute approximate surface area is 200 Å². The van der Waals surface area contributed by atoms with Gasteiger partial charge in [0.2, 0.25) is 5.95 Å². The van der Waals surface area contributed by atoms with E-state index in [-0.39, 0.29) is 11.3 Å². The molecule has 0 saturated carbocycles. The van der Waals surface area contributed by atoms with Crippen molar-refractivity contribution in [3.63, 3.8) is 0 Å². The van der Waals surface area contributed by atoms with Crippen LogP contribution in [-0.4, -0.2) is 27.0 Å². The number of aromatic nitrogens is 3. The molecule has 0 atom stereocenters. The number of carbonyl (C=O) groups excluding carboxylic acids is 1. The van der Waals surface area contributed by atoms with E-state index in [0.717, 1.165) is 29.1 Å². The highest BCUT2D eigenvalue weighted by atomic mass is 16.5. The molecule has 0 spiro atoms. The lowest BCUT2D eigenvalue weighted by Gasteiger charge is -2.20. The van der Waals surface area contributed by atoms with Crippen molar-refractivity contribution in [2.75, 3.05) is 11.9 Å². The first-order valence-electron chi connectivity index (χ1n) is 11.5. The van der Waals surface area contributed by atoms with Crippen molar-refractivity contribution in [1.82, 2.24) is 19.9 Å². The van der Waals surface area contributed by atoms with Gasteiger partial charge in [0.05, 0.1) is 11.0 Å². The van der Waals surface area contributed by atoms with Crippen molar-refractivity contribution in [3.8, 4) is 11.5 Å². The predicted octanol–water partition coefficient (Wildman–Crippen LogP) is 5.94. The van der Waals surface area contributed by atoms with Crippen LogP contribution in [0.5, 0.6) is 11.5 Å². The van der Waals surface area contributed by atoms with Gasteiger partial charge in [0.15, 0.2) is 0 Å². The lowest BCUT2D eigenvalue weighted by Crippen LogP contribution is -2.24. The van der Waals surface area contributed by atoms with E-state index in [1.165, 1.54) is 5.56 Å². The molecular formula is C27H31N5O2. The van der Waals surface area contributed by atoms with E-state index >= 15 is 0 Å². The first-order chi connectivity index (χ1) is 16.2. The lowest BCUT2D eigenvalue weighted by atomic mass is 9.87. The van der Waals surface area contributed by atoms with Gasteiger partial charge in [-0.25, -0.2) is 4.98 Å². The standard InChI is InChI=1S/C27H31N5O2/c1-6-13-29-25(33)23-17-21(12-14-28-23)34-20-10-11-24-22(16-20)31-26(32(24)5)30-19-9-7-8-18(15-19)27(2,3)4/h7-12,14-17H,6,13H2,1-5H3,(H,29,33)(H,30,31). The van der Waals surface area contributed by atoms with Gasteiger partial charge in [0.25, 0.3) is 5.91 Å². The Morgan fingerprint density at radius 2 is 1.85 bits per heavy atom. The Kier molecular flexibility index (Phi) is 6.54. The maximum Gasteiger partial charge on any atom is 0.270 e. The van der Waals surface area contributed by atoms with Crippen molar-refractivity contribution in [2.45, 2.75) is 39.5 Å². The Morgan fingerprint density at radius 1 is 1.06 bits per heavy atom. The first kappa shape index (κ1) is 23.3. The van der Waals surface area contributed by atoms with Crippen molar-refractivity contribution < 1.29 is 9.53 Å². The average Bonchev–Trinajstić information content (AvgIpc) is 3.11. The number of carbonyl (C=O) groups is 1. The van der Waals surface area contributed by atoms with E-state index in [2.05, 4.69) is 54.6 Å². The third kappa shape index (κ3) is 5.20. The molecule has 2 aromatic heterocycles. The number of fused-ring (bicyclic) bond motifs is 1. The van der Waals surface area contributed by atoms with Gasteiger partial charge in [0, 0.05) is 37.6 Å². The van der Waals surface area contributed by atoms with E-state index in [0.29, 0.717) is 23.7 Å². The molecule has 7 heteroatoms. The number of benzene rings is 2. The van der Waals surface area contributed by atoms with Gasteiger partial charge in [-0.05, 0) is 47.7 Å². The average molecular weight is 458 g/mol. The van der Waals surface area contributed by atoms with Gasteiger partial charge in [-0.2, -0.15) is 0 Å². The molecule has 4 rings (SSSR count). The summed E-state index contributed by atoms with van der Waals surface area (Å²) in [7, 11) is 1.98. The molecule has 2 aromatic carbocycles. The third-order valence-electron chi connectivity index (χ3n) is 5.57. The molecule has 176 valence electrons. The van der Waals surface area contributed by atoms with Gasteiger partial charge in [0.1, 0.15) is 17.2 Å². The van der Waals surface area contributed by atoms with Gasteiger partial charge in [-0.15, -0.1) is 0 Å². The number of hydrogen-bond donors (Lipinski definition) is 2. The summed E-state index contributed by atoms with van der Waals surface area (Å²) < 4.78 is 8.03. The Bertz CT molecular complexity index is 1320. The van der Waals surface area contributed by atoms with E-state index in [1.54, 1.807) is 18.3 Å². The van der Waals surface area contributed by atoms with Crippen LogP contribution >= 0.6 is 0 Å². The summed E-state index contributed by atoms with van der Waals surface area (Å²) in [6, 6.07) is 17.5. The molecular weight excluding hydrogens is 426 g/mol. The van der Waals surface area contributed by atoms with Crippen LogP contribution in [0.25, 0.3) is 11.0 Å². The fourth-order valence-corrected chi connectivity index (χ4v) is 3.61. The van der Waals surface area contributed by atoms with Gasteiger partial charge in [-0.1, -0.05) is 39.8 Å². The largest absolute Gasteiger partial charge is 0.457 e. The summed E-state index contributed by atoms with van der Waals surface area (Å²) in [5.74, 6) is 1.72. The van der Waals surface area contributed by atoms with Crippen molar-refractivity contribution in [3.05, 3.63) is 72.1 Å². The first-order valence-corrected chi connectivity index (χ1v) is 11.5. The van der Waals surface area contributed by atoms with Crippen LogP contribution in [0.15, 0.2) is 60.8 Å².